The maximum atomic E-state index is 12.3. The van der Waals surface area contributed by atoms with E-state index in [1.54, 1.807) is 11.6 Å². The van der Waals surface area contributed by atoms with Crippen molar-refractivity contribution in [1.82, 2.24) is 14.5 Å². The molecular weight excluding hydrogens is 278 g/mol. The van der Waals surface area contributed by atoms with Gasteiger partial charge in [0.1, 0.15) is 5.82 Å². The first kappa shape index (κ1) is 16.2. The Labute approximate surface area is 130 Å². The van der Waals surface area contributed by atoms with Crippen molar-refractivity contribution in [3.8, 4) is 11.4 Å². The summed E-state index contributed by atoms with van der Waals surface area (Å²) in [6.07, 6.45) is 1.75. The summed E-state index contributed by atoms with van der Waals surface area (Å²) in [5.41, 5.74) is 3.04. The van der Waals surface area contributed by atoms with Gasteiger partial charge in [-0.2, -0.15) is 9.97 Å². The summed E-state index contributed by atoms with van der Waals surface area (Å²) in [5, 5.41) is 1.27. The molecule has 0 unspecified atom stereocenters. The Kier molecular flexibility index (Phi) is 4.92. The van der Waals surface area contributed by atoms with Crippen LogP contribution in [-0.4, -0.2) is 21.6 Å². The van der Waals surface area contributed by atoms with Crippen LogP contribution in [0.3, 0.4) is 0 Å². The van der Waals surface area contributed by atoms with Gasteiger partial charge in [-0.3, -0.25) is 9.58 Å². The van der Waals surface area contributed by atoms with Crippen molar-refractivity contribution in [2.75, 3.05) is 12.1 Å². The number of aryl methyl sites for hydroxylation is 2. The minimum Gasteiger partial charge on any atom is -0.282 e. The van der Waals surface area contributed by atoms with Crippen LogP contribution in [0.1, 0.15) is 31.9 Å². The number of anilines is 1. The van der Waals surface area contributed by atoms with Crippen LogP contribution < -0.4 is 16.5 Å². The van der Waals surface area contributed by atoms with Crippen molar-refractivity contribution < 1.29 is 0 Å². The molecule has 0 aliphatic rings. The van der Waals surface area contributed by atoms with Crippen molar-refractivity contribution in [3.05, 3.63) is 39.8 Å². The van der Waals surface area contributed by atoms with E-state index in [0.717, 1.165) is 18.4 Å². The molecule has 22 heavy (non-hydrogen) atoms. The lowest BCUT2D eigenvalue weighted by Crippen LogP contribution is -2.33. The molecule has 6 nitrogen and oxygen atoms in total. The highest BCUT2D eigenvalue weighted by atomic mass is 16.1. The van der Waals surface area contributed by atoms with E-state index in [-0.39, 0.29) is 11.6 Å². The van der Waals surface area contributed by atoms with E-state index < -0.39 is 0 Å². The first-order valence-corrected chi connectivity index (χ1v) is 7.61. The standard InChI is InChI=1S/C16H23N5O/c1-5-11-9-8-10-12(6-2)13(11)14-18-15(20(4)17)19-16(22)21(14)7-3/h8-10H,5-7,17H2,1-4H3. The molecule has 0 radical (unpaired) electrons. The molecule has 1 aromatic carbocycles. The topological polar surface area (TPSA) is 77.0 Å². The second-order valence-electron chi connectivity index (χ2n) is 5.14. The fourth-order valence-electron chi connectivity index (χ4n) is 2.58. The number of hydrazine groups is 1. The van der Waals surface area contributed by atoms with Crippen LogP contribution in [0.2, 0.25) is 0 Å². The highest BCUT2D eigenvalue weighted by Crippen LogP contribution is 2.27. The number of rotatable bonds is 5. The van der Waals surface area contributed by atoms with Gasteiger partial charge in [-0.25, -0.2) is 10.6 Å². The lowest BCUT2D eigenvalue weighted by Gasteiger charge is -2.18. The molecule has 2 rings (SSSR count). The zero-order chi connectivity index (χ0) is 16.3. The van der Waals surface area contributed by atoms with E-state index in [9.17, 15) is 4.79 Å². The smallest absolute Gasteiger partial charge is 0.282 e. The van der Waals surface area contributed by atoms with Gasteiger partial charge >= 0.3 is 5.69 Å². The molecule has 0 aliphatic carbocycles. The Hall–Kier alpha value is -2.21. The van der Waals surface area contributed by atoms with Crippen LogP contribution in [0.4, 0.5) is 5.95 Å². The fraction of sp³-hybridized carbons (Fsp3) is 0.438. The monoisotopic (exact) mass is 301 g/mol. The van der Waals surface area contributed by atoms with Crippen molar-refractivity contribution in [2.24, 2.45) is 5.84 Å². The molecular formula is C16H23N5O. The zero-order valence-corrected chi connectivity index (χ0v) is 13.6. The Bertz CT molecular complexity index is 699. The average molecular weight is 301 g/mol. The predicted octanol–water partition coefficient (Wildman–Crippen LogP) is 1.76. The summed E-state index contributed by atoms with van der Waals surface area (Å²) in [4.78, 5) is 20.8. The van der Waals surface area contributed by atoms with Gasteiger partial charge in [0.25, 0.3) is 0 Å². The van der Waals surface area contributed by atoms with Gasteiger partial charge in [-0.1, -0.05) is 32.0 Å². The third-order valence-electron chi connectivity index (χ3n) is 3.74. The van der Waals surface area contributed by atoms with E-state index in [4.69, 9.17) is 5.84 Å². The van der Waals surface area contributed by atoms with Crippen molar-refractivity contribution >= 4 is 5.95 Å². The Balaban J connectivity index is 2.84. The van der Waals surface area contributed by atoms with Gasteiger partial charge in [0, 0.05) is 19.2 Å². The molecule has 0 fully saturated rings. The predicted molar refractivity (Wildman–Crippen MR) is 88.7 cm³/mol. The lowest BCUT2D eigenvalue weighted by molar-refractivity contribution is 0.678. The van der Waals surface area contributed by atoms with Crippen LogP contribution >= 0.6 is 0 Å². The SMILES string of the molecule is CCc1cccc(CC)c1-c1nc(N(C)N)nc(=O)n1CC. The number of hydrogen-bond acceptors (Lipinski definition) is 5. The molecule has 2 N–H and O–H groups in total. The minimum absolute atomic E-state index is 0.234. The van der Waals surface area contributed by atoms with E-state index >= 15 is 0 Å². The van der Waals surface area contributed by atoms with Crippen LogP contribution in [0.5, 0.6) is 0 Å². The summed E-state index contributed by atoms with van der Waals surface area (Å²) >= 11 is 0. The van der Waals surface area contributed by atoms with Crippen LogP contribution in [0.25, 0.3) is 11.4 Å². The minimum atomic E-state index is -0.326. The van der Waals surface area contributed by atoms with Gasteiger partial charge in [-0.05, 0) is 30.9 Å². The average Bonchev–Trinajstić information content (AvgIpc) is 2.52. The molecule has 0 atom stereocenters. The molecule has 0 bridgehead atoms. The summed E-state index contributed by atoms with van der Waals surface area (Å²) in [5.74, 6) is 6.60. The molecule has 2 aromatic rings. The number of benzene rings is 1. The Morgan fingerprint density at radius 3 is 2.18 bits per heavy atom. The highest BCUT2D eigenvalue weighted by Gasteiger charge is 2.17. The van der Waals surface area contributed by atoms with E-state index in [1.807, 2.05) is 13.0 Å². The molecule has 118 valence electrons. The zero-order valence-electron chi connectivity index (χ0n) is 13.6. The molecule has 0 aliphatic heterocycles. The summed E-state index contributed by atoms with van der Waals surface area (Å²) in [6, 6.07) is 6.20. The Morgan fingerprint density at radius 2 is 1.73 bits per heavy atom. The number of hydrogen-bond donors (Lipinski definition) is 1. The lowest BCUT2D eigenvalue weighted by atomic mass is 9.97. The maximum Gasteiger partial charge on any atom is 0.352 e. The third kappa shape index (κ3) is 2.87. The molecule has 0 spiro atoms. The summed E-state index contributed by atoms with van der Waals surface area (Å²) in [7, 11) is 1.63. The second-order valence-corrected chi connectivity index (χ2v) is 5.14. The van der Waals surface area contributed by atoms with E-state index in [2.05, 4.69) is 35.9 Å². The maximum absolute atomic E-state index is 12.3. The molecule has 0 saturated carbocycles. The molecule has 1 heterocycles. The Morgan fingerprint density at radius 1 is 1.14 bits per heavy atom. The van der Waals surface area contributed by atoms with Crippen LogP contribution in [-0.2, 0) is 19.4 Å². The van der Waals surface area contributed by atoms with Crippen LogP contribution in [0.15, 0.2) is 23.0 Å². The van der Waals surface area contributed by atoms with E-state index in [0.29, 0.717) is 12.4 Å². The number of nitrogens with two attached hydrogens (primary N) is 1. The van der Waals surface area contributed by atoms with Crippen molar-refractivity contribution in [1.29, 1.82) is 0 Å². The third-order valence-corrected chi connectivity index (χ3v) is 3.74. The molecule has 0 saturated heterocycles. The van der Waals surface area contributed by atoms with Gasteiger partial charge in [0.15, 0.2) is 0 Å². The largest absolute Gasteiger partial charge is 0.352 e. The fourth-order valence-corrected chi connectivity index (χ4v) is 2.58. The van der Waals surface area contributed by atoms with E-state index in [1.165, 1.54) is 16.1 Å². The number of aromatic nitrogens is 3. The first-order chi connectivity index (χ1) is 10.5. The van der Waals surface area contributed by atoms with Crippen molar-refractivity contribution in [3.63, 3.8) is 0 Å². The molecule has 1 aromatic heterocycles. The summed E-state index contributed by atoms with van der Waals surface area (Å²) in [6.45, 7) is 6.64. The second kappa shape index (κ2) is 6.70. The van der Waals surface area contributed by atoms with Gasteiger partial charge in [0.2, 0.25) is 5.95 Å². The van der Waals surface area contributed by atoms with Gasteiger partial charge in [-0.15, -0.1) is 0 Å². The van der Waals surface area contributed by atoms with Crippen LogP contribution in [0, 0.1) is 0 Å². The van der Waals surface area contributed by atoms with Gasteiger partial charge < -0.3 is 0 Å². The highest BCUT2D eigenvalue weighted by molar-refractivity contribution is 5.66. The molecule has 6 heteroatoms. The summed E-state index contributed by atoms with van der Waals surface area (Å²) < 4.78 is 1.60. The normalized spacial score (nSPS) is 10.8. The van der Waals surface area contributed by atoms with Crippen molar-refractivity contribution in [2.45, 2.75) is 40.2 Å². The first-order valence-electron chi connectivity index (χ1n) is 7.61. The molecule has 0 amide bonds. The number of nitrogens with zero attached hydrogens (tertiary/aromatic N) is 4. The quantitative estimate of drug-likeness (QED) is 0.672. The van der Waals surface area contributed by atoms with Gasteiger partial charge in [0.05, 0.1) is 0 Å².